The van der Waals surface area contributed by atoms with Crippen LogP contribution in [0.4, 0.5) is 11.8 Å². The van der Waals surface area contributed by atoms with E-state index >= 15 is 0 Å². The molecule has 0 saturated carbocycles. The molecule has 0 fully saturated rings. The molecule has 1 amide bonds. The van der Waals surface area contributed by atoms with Crippen LogP contribution in [0.3, 0.4) is 0 Å². The number of nitrogens with two attached hydrogens (primary N) is 2. The van der Waals surface area contributed by atoms with Crippen LogP contribution >= 0.6 is 0 Å². The third-order valence-electron chi connectivity index (χ3n) is 4.81. The van der Waals surface area contributed by atoms with Gasteiger partial charge in [-0.25, -0.2) is 14.8 Å². The Morgan fingerprint density at radius 3 is 2.55 bits per heavy atom. The second kappa shape index (κ2) is 12.4. The smallest absolute Gasteiger partial charge is 0.328 e. The first-order chi connectivity index (χ1) is 15.7. The normalized spacial score (nSPS) is 11.9. The molecular weight excluding hydrogens is 432 g/mol. The van der Waals surface area contributed by atoms with Gasteiger partial charge in [0, 0.05) is 19.4 Å². The monoisotopic (exact) mass is 462 g/mol. The number of nitrogens with one attached hydrogen (secondary N) is 1. The predicted molar refractivity (Wildman–Crippen MR) is 119 cm³/mol. The average Bonchev–Trinajstić information content (AvgIpc) is 2.79. The minimum atomic E-state index is -0.887. The number of aromatic nitrogens is 4. The van der Waals surface area contributed by atoms with E-state index in [1.165, 1.54) is 14.2 Å². The van der Waals surface area contributed by atoms with E-state index < -0.39 is 18.0 Å². The van der Waals surface area contributed by atoms with Crippen molar-refractivity contribution in [3.8, 4) is 0 Å². The van der Waals surface area contributed by atoms with E-state index in [0.29, 0.717) is 36.4 Å². The number of nitrogen functional groups attached to an aromatic ring is 2. The quantitative estimate of drug-likeness (QED) is 0.278. The number of hydrogen-bond acceptors (Lipinski definition) is 12. The summed E-state index contributed by atoms with van der Waals surface area (Å²) in [6, 6.07) is -0.887. The number of unbranched alkanes of at least 4 members (excludes halogenated alkanes) is 1. The SMILES string of the molecule is COC(=O)CC[C@H](NC(=O)CCCCN(C)Cc1cnc2nc(N)nc(N)c2n1)C(=O)OC. The van der Waals surface area contributed by atoms with Crippen molar-refractivity contribution in [2.75, 3.05) is 39.3 Å². The number of ether oxygens (including phenoxy) is 2. The molecule has 0 spiro atoms. The summed E-state index contributed by atoms with van der Waals surface area (Å²) in [5.41, 5.74) is 12.9. The maximum absolute atomic E-state index is 12.2. The van der Waals surface area contributed by atoms with E-state index in [2.05, 4.69) is 34.7 Å². The van der Waals surface area contributed by atoms with Crippen LogP contribution in [0.15, 0.2) is 6.20 Å². The number of amides is 1. The first kappa shape index (κ1) is 25.6. The van der Waals surface area contributed by atoms with Crippen molar-refractivity contribution >= 4 is 40.8 Å². The molecule has 0 saturated heterocycles. The van der Waals surface area contributed by atoms with Gasteiger partial charge in [0.15, 0.2) is 17.0 Å². The zero-order valence-corrected chi connectivity index (χ0v) is 19.0. The lowest BCUT2D eigenvalue weighted by atomic mass is 10.1. The molecule has 2 heterocycles. The molecule has 0 bridgehead atoms. The molecular formula is C20H30N8O5. The van der Waals surface area contributed by atoms with Gasteiger partial charge < -0.3 is 31.2 Å². The number of esters is 2. The molecule has 33 heavy (non-hydrogen) atoms. The van der Waals surface area contributed by atoms with Gasteiger partial charge in [-0.05, 0) is 32.9 Å². The van der Waals surface area contributed by atoms with Gasteiger partial charge in [0.2, 0.25) is 11.9 Å². The molecule has 0 aliphatic heterocycles. The fraction of sp³-hybridized carbons (Fsp3) is 0.550. The van der Waals surface area contributed by atoms with Crippen LogP contribution in [0.2, 0.25) is 0 Å². The van der Waals surface area contributed by atoms with E-state index in [4.69, 9.17) is 11.5 Å². The molecule has 0 radical (unpaired) electrons. The van der Waals surface area contributed by atoms with E-state index in [1.54, 1.807) is 6.20 Å². The van der Waals surface area contributed by atoms with Gasteiger partial charge in [-0.1, -0.05) is 0 Å². The van der Waals surface area contributed by atoms with Crippen molar-refractivity contribution in [1.29, 1.82) is 0 Å². The summed E-state index contributed by atoms with van der Waals surface area (Å²) < 4.78 is 9.25. The van der Waals surface area contributed by atoms with Gasteiger partial charge in [-0.3, -0.25) is 9.59 Å². The number of carbonyl (C=O) groups excluding carboxylic acids is 3. The fourth-order valence-corrected chi connectivity index (χ4v) is 3.10. The third-order valence-corrected chi connectivity index (χ3v) is 4.81. The third kappa shape index (κ3) is 8.11. The minimum absolute atomic E-state index is 0.00413. The topological polar surface area (TPSA) is 189 Å². The summed E-state index contributed by atoms with van der Waals surface area (Å²) in [6.45, 7) is 1.24. The first-order valence-corrected chi connectivity index (χ1v) is 10.4. The molecule has 2 rings (SSSR count). The summed E-state index contributed by atoms with van der Waals surface area (Å²) in [5.74, 6) is -1.12. The fourth-order valence-electron chi connectivity index (χ4n) is 3.10. The molecule has 1 atom stereocenters. The van der Waals surface area contributed by atoms with Crippen molar-refractivity contribution in [1.82, 2.24) is 30.2 Å². The highest BCUT2D eigenvalue weighted by Crippen LogP contribution is 2.15. The van der Waals surface area contributed by atoms with E-state index in [9.17, 15) is 14.4 Å². The van der Waals surface area contributed by atoms with Crippen LogP contribution < -0.4 is 16.8 Å². The summed E-state index contributed by atoms with van der Waals surface area (Å²) in [6.07, 6.45) is 3.33. The second-order valence-electron chi connectivity index (χ2n) is 7.45. The van der Waals surface area contributed by atoms with Gasteiger partial charge in [0.05, 0.1) is 26.1 Å². The molecule has 0 aromatic carbocycles. The standard InChI is InChI=1S/C20H30N8O5/c1-28(11-12-10-23-18-16(24-12)17(21)26-20(22)27-18)9-5-4-6-14(29)25-13(19(31)33-3)7-8-15(30)32-2/h10,13H,4-9,11H2,1-3H3,(H,25,29)(H4,21,22,23,26,27)/t13-/m0/s1. The highest BCUT2D eigenvalue weighted by molar-refractivity contribution is 5.85. The zero-order valence-electron chi connectivity index (χ0n) is 19.0. The Hall–Kier alpha value is -3.61. The van der Waals surface area contributed by atoms with Crippen LogP contribution in [0.5, 0.6) is 0 Å². The van der Waals surface area contributed by atoms with Crippen LogP contribution in [-0.4, -0.2) is 76.5 Å². The number of methoxy groups -OCH3 is 2. The molecule has 2 aromatic heterocycles. The van der Waals surface area contributed by atoms with Crippen LogP contribution in [0, 0.1) is 0 Å². The molecule has 5 N–H and O–H groups in total. The van der Waals surface area contributed by atoms with Gasteiger partial charge in [0.1, 0.15) is 6.04 Å². The zero-order chi connectivity index (χ0) is 24.4. The molecule has 0 aliphatic carbocycles. The van der Waals surface area contributed by atoms with Crippen molar-refractivity contribution in [3.63, 3.8) is 0 Å². The Morgan fingerprint density at radius 1 is 1.09 bits per heavy atom. The maximum Gasteiger partial charge on any atom is 0.328 e. The molecule has 2 aromatic rings. The first-order valence-electron chi connectivity index (χ1n) is 10.4. The summed E-state index contributed by atoms with van der Waals surface area (Å²) in [7, 11) is 4.42. The molecule has 13 nitrogen and oxygen atoms in total. The van der Waals surface area contributed by atoms with Crippen molar-refractivity contribution in [2.24, 2.45) is 0 Å². The lowest BCUT2D eigenvalue weighted by molar-refractivity contribution is -0.146. The largest absolute Gasteiger partial charge is 0.469 e. The summed E-state index contributed by atoms with van der Waals surface area (Å²) in [5, 5.41) is 2.62. The Kier molecular flexibility index (Phi) is 9.66. The highest BCUT2D eigenvalue weighted by atomic mass is 16.5. The molecule has 13 heteroatoms. The van der Waals surface area contributed by atoms with E-state index in [0.717, 1.165) is 6.42 Å². The van der Waals surface area contributed by atoms with Crippen LogP contribution in [0.1, 0.15) is 37.8 Å². The maximum atomic E-state index is 12.2. The van der Waals surface area contributed by atoms with Crippen molar-refractivity contribution < 1.29 is 23.9 Å². The molecule has 0 aliphatic rings. The predicted octanol–water partition coefficient (Wildman–Crippen LogP) is -0.203. The summed E-state index contributed by atoms with van der Waals surface area (Å²) in [4.78, 5) is 54.0. The average molecular weight is 463 g/mol. The van der Waals surface area contributed by atoms with Crippen molar-refractivity contribution in [3.05, 3.63) is 11.9 Å². The highest BCUT2D eigenvalue weighted by Gasteiger charge is 2.22. The van der Waals surface area contributed by atoms with Crippen LogP contribution in [0.25, 0.3) is 11.2 Å². The number of hydrogen-bond donors (Lipinski definition) is 3. The lowest BCUT2D eigenvalue weighted by Crippen LogP contribution is -2.41. The van der Waals surface area contributed by atoms with Gasteiger partial charge in [-0.2, -0.15) is 9.97 Å². The van der Waals surface area contributed by atoms with E-state index in [1.807, 2.05) is 11.9 Å². The van der Waals surface area contributed by atoms with Gasteiger partial charge in [0.25, 0.3) is 0 Å². The summed E-state index contributed by atoms with van der Waals surface area (Å²) >= 11 is 0. The van der Waals surface area contributed by atoms with Gasteiger partial charge in [-0.15, -0.1) is 0 Å². The molecule has 180 valence electrons. The minimum Gasteiger partial charge on any atom is -0.469 e. The van der Waals surface area contributed by atoms with Gasteiger partial charge >= 0.3 is 11.9 Å². The Bertz CT molecular complexity index is 986. The lowest BCUT2D eigenvalue weighted by Gasteiger charge is -2.17. The van der Waals surface area contributed by atoms with Crippen LogP contribution in [-0.2, 0) is 30.4 Å². The number of rotatable bonds is 12. The Labute approximate surface area is 191 Å². The Morgan fingerprint density at radius 2 is 1.85 bits per heavy atom. The van der Waals surface area contributed by atoms with E-state index in [-0.39, 0.29) is 36.9 Å². The molecule has 0 unspecified atom stereocenters. The Balaban J connectivity index is 1.76. The number of anilines is 2. The van der Waals surface area contributed by atoms with Crippen molar-refractivity contribution in [2.45, 2.75) is 44.7 Å². The second-order valence-corrected chi connectivity index (χ2v) is 7.45. The number of nitrogens with zero attached hydrogens (tertiary/aromatic N) is 5. The number of fused-ring (bicyclic) bond motifs is 1. The number of carbonyl (C=O) groups is 3.